The van der Waals surface area contributed by atoms with Crippen LogP contribution in [0.2, 0.25) is 0 Å². The molecule has 0 spiro atoms. The number of amides is 5. The number of nitriles is 1. The SMILES string of the molecule is Cc1cc(-c2ccc(C(C)(C)C)cc2)cc(C)c1C(=O)N[C@@H](CCN)C(=O)N(C)[C@@H]1C(=O)N[C@@H](C)C(=O)N[C@H](C(=O)NCC#N)Cc2ccc(O)c(c2)-c2cc1ccc2OCCN. The van der Waals surface area contributed by atoms with Gasteiger partial charge in [-0.2, -0.15) is 5.26 Å². The summed E-state index contributed by atoms with van der Waals surface area (Å²) >= 11 is 0. The van der Waals surface area contributed by atoms with Gasteiger partial charge in [0.05, 0.1) is 6.07 Å². The number of nitrogens with zero attached hydrogens (tertiary/aromatic N) is 2. The largest absolute Gasteiger partial charge is 0.507 e. The maximum absolute atomic E-state index is 14.6. The van der Waals surface area contributed by atoms with E-state index in [9.17, 15) is 29.1 Å². The molecule has 0 saturated heterocycles. The van der Waals surface area contributed by atoms with E-state index in [0.29, 0.717) is 33.6 Å². The molecule has 4 bridgehead atoms. The van der Waals surface area contributed by atoms with Crippen molar-refractivity contribution in [2.24, 2.45) is 11.5 Å². The standard InChI is InChI=1S/C48H58N8O7/c1-27-22-33(31-9-12-34(13-10-31)48(4,5)6)23-28(2)41(27)45(60)54-37(16-17-49)47(62)56(7)42-32-11-15-40(63-21-19-51)36(26-32)35-24-30(8-14-39(35)57)25-38(44(59)52-20-18-50)55-43(58)29(3)53-46(42)61/h8-15,22-24,26,29,37-38,42,57H,16-17,19-21,25,49,51H2,1-7H3,(H,52,59)(H,53,61)(H,54,60)(H,55,58)/t29-,37-,38-,42-/m0/s1. The molecule has 0 aromatic heterocycles. The van der Waals surface area contributed by atoms with E-state index in [0.717, 1.165) is 11.1 Å². The number of aryl methyl sites for hydroxylation is 2. The van der Waals surface area contributed by atoms with E-state index in [2.05, 4.69) is 66.3 Å². The summed E-state index contributed by atoms with van der Waals surface area (Å²) < 4.78 is 5.99. The van der Waals surface area contributed by atoms with Crippen LogP contribution in [0.3, 0.4) is 0 Å². The van der Waals surface area contributed by atoms with E-state index in [4.69, 9.17) is 21.5 Å². The second-order valence-electron chi connectivity index (χ2n) is 16.9. The second kappa shape index (κ2) is 20.4. The zero-order valence-electron chi connectivity index (χ0n) is 36.9. The molecule has 15 heteroatoms. The number of hydrogen-bond donors (Lipinski definition) is 7. The highest BCUT2D eigenvalue weighted by atomic mass is 16.5. The van der Waals surface area contributed by atoms with Crippen LogP contribution in [0.15, 0.2) is 72.8 Å². The first-order valence-corrected chi connectivity index (χ1v) is 20.9. The normalized spacial score (nSPS) is 16.9. The van der Waals surface area contributed by atoms with E-state index in [1.54, 1.807) is 30.3 Å². The molecule has 15 nitrogen and oxygen atoms in total. The monoisotopic (exact) mass is 858 g/mol. The van der Waals surface area contributed by atoms with E-state index in [1.165, 1.54) is 30.5 Å². The molecule has 0 radical (unpaired) electrons. The fraction of sp³-hybridized carbons (Fsp3) is 0.375. The number of phenols is 1. The van der Waals surface area contributed by atoms with Gasteiger partial charge in [0, 0.05) is 36.7 Å². The minimum absolute atomic E-state index is 0.00314. The Bertz CT molecular complexity index is 2380. The Labute approximate surface area is 368 Å². The maximum Gasteiger partial charge on any atom is 0.252 e. The number of phenolic OH excluding ortho intramolecular Hbond substituents is 1. The molecule has 4 aromatic carbocycles. The molecule has 5 rings (SSSR count). The highest BCUT2D eigenvalue weighted by molar-refractivity contribution is 6.01. The first kappa shape index (κ1) is 47.3. The number of rotatable bonds is 12. The summed E-state index contributed by atoms with van der Waals surface area (Å²) in [5, 5.41) is 31.0. The van der Waals surface area contributed by atoms with Gasteiger partial charge in [-0.05, 0) is 102 Å². The van der Waals surface area contributed by atoms with E-state index >= 15 is 0 Å². The Morgan fingerprint density at radius 2 is 1.60 bits per heavy atom. The third kappa shape index (κ3) is 11.2. The number of carbonyl (C=O) groups excluding carboxylic acids is 5. The van der Waals surface area contributed by atoms with Crippen molar-refractivity contribution in [3.63, 3.8) is 0 Å². The number of benzene rings is 4. The molecule has 0 aliphatic carbocycles. The quantitative estimate of drug-likeness (QED) is 0.102. The van der Waals surface area contributed by atoms with Gasteiger partial charge >= 0.3 is 0 Å². The number of ether oxygens (including phenoxy) is 1. The Kier molecular flexibility index (Phi) is 15.3. The van der Waals surface area contributed by atoms with Crippen molar-refractivity contribution < 1.29 is 33.8 Å². The number of fused-ring (bicyclic) bond motifs is 5. The number of nitrogens with one attached hydrogen (secondary N) is 4. The van der Waals surface area contributed by atoms with Crippen LogP contribution in [0, 0.1) is 25.2 Å². The number of hydrogen-bond acceptors (Lipinski definition) is 10. The molecule has 63 heavy (non-hydrogen) atoms. The third-order valence-electron chi connectivity index (χ3n) is 11.1. The summed E-state index contributed by atoms with van der Waals surface area (Å²) in [6.45, 7) is 11.6. The molecule has 332 valence electrons. The first-order valence-electron chi connectivity index (χ1n) is 20.9. The number of aromatic hydroxyl groups is 1. The molecule has 0 saturated carbocycles. The van der Waals surface area contributed by atoms with Gasteiger partial charge in [-0.25, -0.2) is 0 Å². The average Bonchev–Trinajstić information content (AvgIpc) is 3.24. The lowest BCUT2D eigenvalue weighted by atomic mass is 9.86. The van der Waals surface area contributed by atoms with Crippen molar-refractivity contribution in [2.75, 3.05) is 33.3 Å². The van der Waals surface area contributed by atoms with E-state index in [-0.39, 0.29) is 61.4 Å². The molecule has 4 aromatic rings. The molecule has 5 amide bonds. The number of nitrogens with two attached hydrogens (primary N) is 2. The van der Waals surface area contributed by atoms with Crippen LogP contribution >= 0.6 is 0 Å². The Balaban J connectivity index is 1.53. The summed E-state index contributed by atoms with van der Waals surface area (Å²) in [7, 11) is 1.42. The lowest BCUT2D eigenvalue weighted by Crippen LogP contribution is -2.56. The molecule has 0 fully saturated rings. The topological polar surface area (TPSA) is 242 Å². The minimum Gasteiger partial charge on any atom is -0.507 e. The second-order valence-corrected chi connectivity index (χ2v) is 16.9. The molecule has 1 aliphatic heterocycles. The van der Waals surface area contributed by atoms with Gasteiger partial charge in [0.15, 0.2) is 0 Å². The molecule has 0 unspecified atom stereocenters. The summed E-state index contributed by atoms with van der Waals surface area (Å²) in [6.07, 6.45) is 0.00376. The van der Waals surface area contributed by atoms with Gasteiger partial charge in [-0.3, -0.25) is 24.0 Å². The van der Waals surface area contributed by atoms with Crippen LogP contribution in [0.5, 0.6) is 11.5 Å². The van der Waals surface area contributed by atoms with Crippen LogP contribution < -0.4 is 37.5 Å². The summed E-state index contributed by atoms with van der Waals surface area (Å²) in [6, 6.07) is 18.6. The van der Waals surface area contributed by atoms with Crippen molar-refractivity contribution in [1.82, 2.24) is 26.2 Å². The minimum atomic E-state index is -1.40. The van der Waals surface area contributed by atoms with Gasteiger partial charge in [0.25, 0.3) is 5.91 Å². The van der Waals surface area contributed by atoms with Gasteiger partial charge in [-0.15, -0.1) is 0 Å². The molecular formula is C48H58N8O7. The molecule has 9 N–H and O–H groups in total. The van der Waals surface area contributed by atoms with Crippen LogP contribution in [0.25, 0.3) is 22.3 Å². The van der Waals surface area contributed by atoms with Crippen molar-refractivity contribution in [3.05, 3.63) is 106 Å². The predicted molar refractivity (Wildman–Crippen MR) is 240 cm³/mol. The lowest BCUT2D eigenvalue weighted by molar-refractivity contribution is -0.141. The highest BCUT2D eigenvalue weighted by Gasteiger charge is 2.36. The summed E-state index contributed by atoms with van der Waals surface area (Å²) in [4.78, 5) is 71.2. The number of likely N-dealkylation sites (N-methyl/N-ethyl adjacent to an activating group) is 1. The van der Waals surface area contributed by atoms with Crippen molar-refractivity contribution in [3.8, 4) is 39.8 Å². The Morgan fingerprint density at radius 3 is 2.22 bits per heavy atom. The average molecular weight is 859 g/mol. The third-order valence-corrected chi connectivity index (χ3v) is 11.1. The van der Waals surface area contributed by atoms with Crippen molar-refractivity contribution in [1.29, 1.82) is 5.26 Å². The fourth-order valence-electron chi connectivity index (χ4n) is 7.73. The smallest absolute Gasteiger partial charge is 0.252 e. The first-order chi connectivity index (χ1) is 29.9. The molecular weight excluding hydrogens is 801 g/mol. The Morgan fingerprint density at radius 1 is 0.921 bits per heavy atom. The zero-order valence-corrected chi connectivity index (χ0v) is 36.9. The number of carbonyl (C=O) groups is 5. The highest BCUT2D eigenvalue weighted by Crippen LogP contribution is 2.40. The molecule has 1 heterocycles. The van der Waals surface area contributed by atoms with Crippen LogP contribution in [0.1, 0.15) is 78.3 Å². The van der Waals surface area contributed by atoms with Crippen LogP contribution in [-0.2, 0) is 31.0 Å². The van der Waals surface area contributed by atoms with Crippen LogP contribution in [0.4, 0.5) is 0 Å². The van der Waals surface area contributed by atoms with E-state index < -0.39 is 53.7 Å². The van der Waals surface area contributed by atoms with Gasteiger partial charge < -0.3 is 47.5 Å². The molecule has 1 aliphatic rings. The lowest BCUT2D eigenvalue weighted by Gasteiger charge is -2.32. The van der Waals surface area contributed by atoms with E-state index in [1.807, 2.05) is 32.0 Å². The summed E-state index contributed by atoms with van der Waals surface area (Å²) in [5.74, 6) is -3.07. The summed E-state index contributed by atoms with van der Waals surface area (Å²) in [5.41, 5.74) is 18.2. The molecule has 4 atom stereocenters. The predicted octanol–water partition coefficient (Wildman–Crippen LogP) is 3.81. The maximum atomic E-state index is 14.6. The Hall–Kier alpha value is -6.76. The van der Waals surface area contributed by atoms with Gasteiger partial charge in [0.2, 0.25) is 23.6 Å². The fourth-order valence-corrected chi connectivity index (χ4v) is 7.73. The van der Waals surface area contributed by atoms with Gasteiger partial charge in [0.1, 0.15) is 48.8 Å². The van der Waals surface area contributed by atoms with Crippen molar-refractivity contribution >= 4 is 29.5 Å². The van der Waals surface area contributed by atoms with Gasteiger partial charge in [-0.1, -0.05) is 69.3 Å². The van der Waals surface area contributed by atoms with Crippen molar-refractivity contribution in [2.45, 2.75) is 84.0 Å². The van der Waals surface area contributed by atoms with Crippen LogP contribution in [-0.4, -0.2) is 91.0 Å². The zero-order chi connectivity index (χ0) is 46.2.